The van der Waals surface area contributed by atoms with Crippen LogP contribution in [0.5, 0.6) is 0 Å². The zero-order valence-electron chi connectivity index (χ0n) is 7.19. The maximum atomic E-state index is 3.84. The molecule has 0 rings (SSSR count). The lowest BCUT2D eigenvalue weighted by molar-refractivity contribution is 0.932. The molecule has 0 unspecified atom stereocenters. The third-order valence-electron chi connectivity index (χ3n) is 1.36. The summed E-state index contributed by atoms with van der Waals surface area (Å²) >= 11 is 0. The lowest BCUT2D eigenvalue weighted by atomic mass is 10.2. The van der Waals surface area contributed by atoms with Crippen molar-refractivity contribution >= 4 is 0 Å². The van der Waals surface area contributed by atoms with Crippen molar-refractivity contribution in [2.45, 2.75) is 39.5 Å². The van der Waals surface area contributed by atoms with Crippen molar-refractivity contribution in [2.24, 2.45) is 0 Å². The van der Waals surface area contributed by atoms with Gasteiger partial charge in [0.1, 0.15) is 0 Å². The highest BCUT2D eigenvalue weighted by molar-refractivity contribution is 4.92. The molecule has 0 amide bonds. The van der Waals surface area contributed by atoms with Gasteiger partial charge in [0.05, 0.1) is 0 Å². The average Bonchev–Trinajstić information content (AvgIpc) is 1.87. The molecule has 0 aromatic heterocycles. The second-order valence-corrected chi connectivity index (χ2v) is 2.76. The van der Waals surface area contributed by atoms with Crippen LogP contribution in [0.4, 0.5) is 0 Å². The highest BCUT2D eigenvalue weighted by Gasteiger charge is 1.81. The Labute approximate surface area is 64.6 Å². The molecule has 0 N–H and O–H groups in total. The molecule has 0 radical (unpaired) electrons. The summed E-state index contributed by atoms with van der Waals surface area (Å²) in [6.45, 7) is 8.11. The summed E-state index contributed by atoms with van der Waals surface area (Å²) in [5.41, 5.74) is 1.28. The molecule has 0 nitrogen and oxygen atoms in total. The van der Waals surface area contributed by atoms with E-state index in [9.17, 15) is 0 Å². The average molecular weight is 138 g/mol. The van der Waals surface area contributed by atoms with Gasteiger partial charge in [-0.15, -0.1) is 6.58 Å². The van der Waals surface area contributed by atoms with Gasteiger partial charge in [0.15, 0.2) is 0 Å². The van der Waals surface area contributed by atoms with Crippen LogP contribution in [0.15, 0.2) is 24.3 Å². The minimum absolute atomic E-state index is 1.14. The molecule has 0 saturated heterocycles. The lowest BCUT2D eigenvalue weighted by Gasteiger charge is -1.91. The molecule has 0 atom stereocenters. The fraction of sp³-hybridized carbons (Fsp3) is 0.600. The zero-order valence-corrected chi connectivity index (χ0v) is 7.19. The van der Waals surface area contributed by atoms with Gasteiger partial charge in [-0.25, -0.2) is 0 Å². The Bertz CT molecular complexity index is 109. The predicted octanol–water partition coefficient (Wildman–Crippen LogP) is 3.70. The van der Waals surface area contributed by atoms with Crippen LogP contribution in [-0.4, -0.2) is 0 Å². The van der Waals surface area contributed by atoms with Crippen LogP contribution in [0, 0.1) is 0 Å². The van der Waals surface area contributed by atoms with Crippen molar-refractivity contribution in [2.75, 3.05) is 0 Å². The monoisotopic (exact) mass is 138 g/mol. The van der Waals surface area contributed by atoms with Crippen LogP contribution in [-0.2, 0) is 0 Å². The maximum absolute atomic E-state index is 3.84. The first-order valence-corrected chi connectivity index (χ1v) is 4.06. The normalized spacial score (nSPS) is 10.6. The number of hydrogen-bond acceptors (Lipinski definition) is 0. The largest absolute Gasteiger partial charge is 0.100 e. The SMILES string of the molecule is C=C(C)CCC=CCCC. The van der Waals surface area contributed by atoms with E-state index in [1.807, 2.05) is 0 Å². The standard InChI is InChI=1S/C10H18/c1-4-5-6-7-8-9-10(2)3/h6-7H,2,4-5,8-9H2,1,3H3. The molecule has 0 aliphatic carbocycles. The first-order valence-electron chi connectivity index (χ1n) is 4.06. The summed E-state index contributed by atoms with van der Waals surface area (Å²) in [5, 5.41) is 0. The minimum atomic E-state index is 1.14. The molecule has 0 fully saturated rings. The van der Waals surface area contributed by atoms with Crippen molar-refractivity contribution in [3.05, 3.63) is 24.3 Å². The summed E-state index contributed by atoms with van der Waals surface area (Å²) in [6, 6.07) is 0. The van der Waals surface area contributed by atoms with Crippen LogP contribution in [0.3, 0.4) is 0 Å². The quantitative estimate of drug-likeness (QED) is 0.508. The van der Waals surface area contributed by atoms with Crippen LogP contribution in [0.25, 0.3) is 0 Å². The molecular weight excluding hydrogens is 120 g/mol. The molecule has 0 heteroatoms. The molecule has 0 saturated carbocycles. The van der Waals surface area contributed by atoms with E-state index >= 15 is 0 Å². The Morgan fingerprint density at radius 3 is 2.40 bits per heavy atom. The highest BCUT2D eigenvalue weighted by atomic mass is 13.9. The van der Waals surface area contributed by atoms with E-state index in [0.29, 0.717) is 0 Å². The van der Waals surface area contributed by atoms with Crippen LogP contribution in [0.1, 0.15) is 39.5 Å². The summed E-state index contributed by atoms with van der Waals surface area (Å²) in [4.78, 5) is 0. The van der Waals surface area contributed by atoms with Gasteiger partial charge in [0.25, 0.3) is 0 Å². The van der Waals surface area contributed by atoms with Crippen molar-refractivity contribution in [1.29, 1.82) is 0 Å². The highest BCUT2D eigenvalue weighted by Crippen LogP contribution is 2.01. The summed E-state index contributed by atoms with van der Waals surface area (Å²) < 4.78 is 0. The van der Waals surface area contributed by atoms with Crippen LogP contribution in [0.2, 0.25) is 0 Å². The molecule has 0 spiro atoms. The van der Waals surface area contributed by atoms with Gasteiger partial charge in [-0.3, -0.25) is 0 Å². The van der Waals surface area contributed by atoms with Gasteiger partial charge < -0.3 is 0 Å². The Morgan fingerprint density at radius 1 is 1.30 bits per heavy atom. The van der Waals surface area contributed by atoms with Gasteiger partial charge in [0, 0.05) is 0 Å². The Hall–Kier alpha value is -0.520. The fourth-order valence-corrected chi connectivity index (χ4v) is 0.732. The third-order valence-corrected chi connectivity index (χ3v) is 1.36. The predicted molar refractivity (Wildman–Crippen MR) is 48.1 cm³/mol. The van der Waals surface area contributed by atoms with E-state index in [1.165, 1.54) is 18.4 Å². The van der Waals surface area contributed by atoms with E-state index < -0.39 is 0 Å². The van der Waals surface area contributed by atoms with E-state index in [2.05, 4.69) is 32.6 Å². The Morgan fingerprint density at radius 2 is 1.90 bits per heavy atom. The minimum Gasteiger partial charge on any atom is -0.100 e. The van der Waals surface area contributed by atoms with E-state index in [-0.39, 0.29) is 0 Å². The molecule has 0 aliphatic heterocycles. The zero-order chi connectivity index (χ0) is 7.82. The molecule has 0 aromatic carbocycles. The first kappa shape index (κ1) is 9.48. The van der Waals surface area contributed by atoms with Gasteiger partial charge in [0.2, 0.25) is 0 Å². The number of hydrogen-bond donors (Lipinski definition) is 0. The Balaban J connectivity index is 3.10. The summed E-state index contributed by atoms with van der Waals surface area (Å²) in [5.74, 6) is 0. The third kappa shape index (κ3) is 7.48. The molecule has 0 heterocycles. The van der Waals surface area contributed by atoms with Crippen LogP contribution >= 0.6 is 0 Å². The number of allylic oxidation sites excluding steroid dienone is 3. The van der Waals surface area contributed by atoms with Crippen molar-refractivity contribution < 1.29 is 0 Å². The fourth-order valence-electron chi connectivity index (χ4n) is 0.732. The van der Waals surface area contributed by atoms with E-state index in [4.69, 9.17) is 0 Å². The lowest BCUT2D eigenvalue weighted by Crippen LogP contribution is -1.71. The molecule has 0 bridgehead atoms. The maximum Gasteiger partial charge on any atom is -0.0291 e. The van der Waals surface area contributed by atoms with Gasteiger partial charge in [-0.1, -0.05) is 31.1 Å². The van der Waals surface area contributed by atoms with Gasteiger partial charge in [-0.05, 0) is 26.2 Å². The second kappa shape index (κ2) is 6.60. The first-order chi connectivity index (χ1) is 4.77. The van der Waals surface area contributed by atoms with Crippen LogP contribution < -0.4 is 0 Å². The van der Waals surface area contributed by atoms with Gasteiger partial charge >= 0.3 is 0 Å². The second-order valence-electron chi connectivity index (χ2n) is 2.76. The molecule has 58 valence electrons. The molecule has 0 aromatic rings. The summed E-state index contributed by atoms with van der Waals surface area (Å²) in [7, 11) is 0. The number of unbranched alkanes of at least 4 members (excludes halogenated alkanes) is 1. The summed E-state index contributed by atoms with van der Waals surface area (Å²) in [6.07, 6.45) is 9.27. The topological polar surface area (TPSA) is 0 Å². The van der Waals surface area contributed by atoms with E-state index in [0.717, 1.165) is 12.8 Å². The van der Waals surface area contributed by atoms with Gasteiger partial charge in [-0.2, -0.15) is 0 Å². The number of rotatable bonds is 5. The molecule has 10 heavy (non-hydrogen) atoms. The molecular formula is C10H18. The van der Waals surface area contributed by atoms with Crippen molar-refractivity contribution in [1.82, 2.24) is 0 Å². The van der Waals surface area contributed by atoms with Crippen molar-refractivity contribution in [3.63, 3.8) is 0 Å². The Kier molecular flexibility index (Phi) is 6.25. The molecule has 0 aliphatic rings. The smallest absolute Gasteiger partial charge is 0.0291 e. The van der Waals surface area contributed by atoms with Crippen molar-refractivity contribution in [3.8, 4) is 0 Å². The van der Waals surface area contributed by atoms with E-state index in [1.54, 1.807) is 0 Å².